The van der Waals surface area contributed by atoms with E-state index in [0.717, 1.165) is 17.0 Å². The van der Waals surface area contributed by atoms with Gasteiger partial charge in [0.05, 0.1) is 6.61 Å². The zero-order valence-electron chi connectivity index (χ0n) is 14.4. The Morgan fingerprint density at radius 2 is 2.20 bits per heavy atom. The first kappa shape index (κ1) is 17.7. The highest BCUT2D eigenvalue weighted by Crippen LogP contribution is 2.21. The van der Waals surface area contributed by atoms with Crippen LogP contribution in [0.2, 0.25) is 0 Å². The first-order chi connectivity index (χ1) is 12.2. The van der Waals surface area contributed by atoms with E-state index in [0.29, 0.717) is 25.0 Å². The molecule has 1 saturated carbocycles. The molecule has 0 radical (unpaired) electrons. The van der Waals surface area contributed by atoms with Crippen LogP contribution in [0.15, 0.2) is 34.9 Å². The lowest BCUT2D eigenvalue weighted by molar-refractivity contribution is 0.106. The van der Waals surface area contributed by atoms with Crippen LogP contribution in [0, 0.1) is 0 Å². The lowest BCUT2D eigenvalue weighted by Crippen LogP contribution is -2.32. The molecule has 1 aliphatic rings. The van der Waals surface area contributed by atoms with Crippen molar-refractivity contribution in [3.8, 4) is 5.75 Å². The standard InChI is InChI=1S/C19H24N2O4/c1-23-12-16-10-18(25-21-16)9-6-14-4-2-3-5-19(14)24-13-17(22)11-20-15-7-8-15/h2-6,9-10,15,17,20,22H,7-8,11-13H2,1H3/b9-6+. The van der Waals surface area contributed by atoms with Gasteiger partial charge in [0.25, 0.3) is 0 Å². The minimum absolute atomic E-state index is 0.255. The Kier molecular flexibility index (Phi) is 6.22. The molecule has 0 bridgehead atoms. The minimum atomic E-state index is -0.525. The van der Waals surface area contributed by atoms with Gasteiger partial charge in [0.1, 0.15) is 24.2 Å². The van der Waals surface area contributed by atoms with Crippen LogP contribution in [0.4, 0.5) is 0 Å². The van der Waals surface area contributed by atoms with E-state index in [1.165, 1.54) is 12.8 Å². The fraction of sp³-hybridized carbons (Fsp3) is 0.421. The summed E-state index contributed by atoms with van der Waals surface area (Å²) < 4.78 is 16.0. The van der Waals surface area contributed by atoms with Crippen LogP contribution in [0.5, 0.6) is 5.75 Å². The van der Waals surface area contributed by atoms with E-state index in [1.54, 1.807) is 7.11 Å². The Labute approximate surface area is 147 Å². The number of hydrogen-bond donors (Lipinski definition) is 2. The predicted molar refractivity (Wildman–Crippen MR) is 95.1 cm³/mol. The molecule has 0 spiro atoms. The van der Waals surface area contributed by atoms with Crippen molar-refractivity contribution in [2.45, 2.75) is 31.6 Å². The van der Waals surface area contributed by atoms with E-state index in [4.69, 9.17) is 14.0 Å². The van der Waals surface area contributed by atoms with Crippen molar-refractivity contribution >= 4 is 12.2 Å². The molecule has 2 aromatic rings. The van der Waals surface area contributed by atoms with Gasteiger partial charge in [-0.1, -0.05) is 23.4 Å². The fourth-order valence-corrected chi connectivity index (χ4v) is 2.38. The summed E-state index contributed by atoms with van der Waals surface area (Å²) in [5, 5.41) is 17.2. The second-order valence-electron chi connectivity index (χ2n) is 6.17. The quantitative estimate of drug-likeness (QED) is 0.690. The van der Waals surface area contributed by atoms with E-state index in [2.05, 4.69) is 10.5 Å². The van der Waals surface area contributed by atoms with Gasteiger partial charge in [-0.2, -0.15) is 0 Å². The molecule has 25 heavy (non-hydrogen) atoms. The van der Waals surface area contributed by atoms with Crippen molar-refractivity contribution in [3.63, 3.8) is 0 Å². The van der Waals surface area contributed by atoms with E-state index in [1.807, 2.05) is 42.5 Å². The summed E-state index contributed by atoms with van der Waals surface area (Å²) in [7, 11) is 1.62. The number of aromatic nitrogens is 1. The summed E-state index contributed by atoms with van der Waals surface area (Å²) in [6, 6.07) is 10.1. The van der Waals surface area contributed by atoms with Gasteiger partial charge >= 0.3 is 0 Å². The minimum Gasteiger partial charge on any atom is -0.490 e. The fourth-order valence-electron chi connectivity index (χ4n) is 2.38. The highest BCUT2D eigenvalue weighted by Gasteiger charge is 2.21. The molecule has 0 aliphatic heterocycles. The molecule has 1 aromatic carbocycles. The molecule has 1 fully saturated rings. The van der Waals surface area contributed by atoms with Crippen LogP contribution in [0.25, 0.3) is 12.2 Å². The number of nitrogens with one attached hydrogen (secondary N) is 1. The summed E-state index contributed by atoms with van der Waals surface area (Å²) in [6.07, 6.45) is 5.62. The Bertz CT molecular complexity index is 694. The molecule has 134 valence electrons. The van der Waals surface area contributed by atoms with Gasteiger partial charge in [-0.05, 0) is 31.1 Å². The second kappa shape index (κ2) is 8.80. The van der Waals surface area contributed by atoms with E-state index in [9.17, 15) is 5.11 Å². The molecule has 6 heteroatoms. The topological polar surface area (TPSA) is 76.8 Å². The summed E-state index contributed by atoms with van der Waals surface area (Å²) in [4.78, 5) is 0. The Morgan fingerprint density at radius 3 is 3.00 bits per heavy atom. The van der Waals surface area contributed by atoms with E-state index < -0.39 is 6.10 Å². The Balaban J connectivity index is 1.56. The number of aliphatic hydroxyl groups is 1. The Morgan fingerprint density at radius 1 is 1.36 bits per heavy atom. The zero-order chi connectivity index (χ0) is 17.5. The maximum absolute atomic E-state index is 10.00. The predicted octanol–water partition coefficient (Wildman–Crippen LogP) is 2.48. The van der Waals surface area contributed by atoms with Crippen LogP contribution in [0.1, 0.15) is 29.9 Å². The SMILES string of the molecule is COCc1cc(/C=C/c2ccccc2OCC(O)CNC2CC2)on1. The van der Waals surface area contributed by atoms with Crippen molar-refractivity contribution in [1.29, 1.82) is 0 Å². The summed E-state index contributed by atoms with van der Waals surface area (Å²) in [6.45, 7) is 1.23. The molecule has 6 nitrogen and oxygen atoms in total. The molecule has 1 heterocycles. The monoisotopic (exact) mass is 344 g/mol. The first-order valence-corrected chi connectivity index (χ1v) is 8.50. The smallest absolute Gasteiger partial charge is 0.160 e. The molecule has 3 rings (SSSR count). The van der Waals surface area contributed by atoms with E-state index in [-0.39, 0.29) is 6.61 Å². The maximum atomic E-state index is 10.00. The maximum Gasteiger partial charge on any atom is 0.160 e. The third kappa shape index (κ3) is 5.70. The number of hydrogen-bond acceptors (Lipinski definition) is 6. The molecule has 1 unspecified atom stereocenters. The zero-order valence-corrected chi connectivity index (χ0v) is 14.4. The van der Waals surface area contributed by atoms with Crippen molar-refractivity contribution < 1.29 is 19.1 Å². The lowest BCUT2D eigenvalue weighted by Gasteiger charge is -2.14. The Hall–Kier alpha value is -2.15. The van der Waals surface area contributed by atoms with Crippen molar-refractivity contribution in [2.24, 2.45) is 0 Å². The average molecular weight is 344 g/mol. The van der Waals surface area contributed by atoms with Crippen LogP contribution >= 0.6 is 0 Å². The third-order valence-electron chi connectivity index (χ3n) is 3.87. The van der Waals surface area contributed by atoms with Crippen molar-refractivity contribution in [3.05, 3.63) is 47.3 Å². The normalized spacial score (nSPS) is 15.6. The molecule has 0 saturated heterocycles. The number of para-hydroxylation sites is 1. The van der Waals surface area contributed by atoms with Gasteiger partial charge in [-0.25, -0.2) is 0 Å². The van der Waals surface area contributed by atoms with Gasteiger partial charge in [0, 0.05) is 31.3 Å². The van der Waals surface area contributed by atoms with E-state index >= 15 is 0 Å². The number of ether oxygens (including phenoxy) is 2. The van der Waals surface area contributed by atoms with Crippen LogP contribution < -0.4 is 10.1 Å². The molecule has 2 N–H and O–H groups in total. The molecule has 1 aliphatic carbocycles. The number of rotatable bonds is 10. The molecule has 1 aromatic heterocycles. The average Bonchev–Trinajstić information content (AvgIpc) is 3.36. The van der Waals surface area contributed by atoms with Gasteiger partial charge in [0.2, 0.25) is 0 Å². The van der Waals surface area contributed by atoms with Crippen LogP contribution in [0.3, 0.4) is 0 Å². The van der Waals surface area contributed by atoms with Gasteiger partial charge in [-0.15, -0.1) is 0 Å². The largest absolute Gasteiger partial charge is 0.490 e. The van der Waals surface area contributed by atoms with Crippen LogP contribution in [-0.2, 0) is 11.3 Å². The number of benzene rings is 1. The second-order valence-corrected chi connectivity index (χ2v) is 6.17. The summed E-state index contributed by atoms with van der Waals surface area (Å²) in [5.74, 6) is 1.37. The first-order valence-electron chi connectivity index (χ1n) is 8.50. The van der Waals surface area contributed by atoms with Gasteiger partial charge in [0.15, 0.2) is 5.76 Å². The highest BCUT2D eigenvalue weighted by atomic mass is 16.5. The van der Waals surface area contributed by atoms with Gasteiger partial charge < -0.3 is 24.4 Å². The summed E-state index contributed by atoms with van der Waals surface area (Å²) in [5.41, 5.74) is 1.66. The third-order valence-corrected chi connectivity index (χ3v) is 3.87. The lowest BCUT2D eigenvalue weighted by atomic mass is 10.1. The van der Waals surface area contributed by atoms with Gasteiger partial charge in [-0.3, -0.25) is 0 Å². The molecule has 0 amide bonds. The number of aliphatic hydroxyl groups excluding tert-OH is 1. The van der Waals surface area contributed by atoms with Crippen LogP contribution in [-0.4, -0.2) is 42.7 Å². The molecular formula is C19H24N2O4. The summed E-state index contributed by atoms with van der Waals surface area (Å²) >= 11 is 0. The van der Waals surface area contributed by atoms with Crippen molar-refractivity contribution in [1.82, 2.24) is 10.5 Å². The highest BCUT2D eigenvalue weighted by molar-refractivity contribution is 5.70. The van der Waals surface area contributed by atoms with Crippen molar-refractivity contribution in [2.75, 3.05) is 20.3 Å². The molecule has 1 atom stereocenters. The molecular weight excluding hydrogens is 320 g/mol. The number of methoxy groups -OCH3 is 1. The number of nitrogens with zero attached hydrogens (tertiary/aromatic N) is 1.